The quantitative estimate of drug-likeness (QED) is 0.418. The highest BCUT2D eigenvalue weighted by Gasteiger charge is 2.04. The van der Waals surface area contributed by atoms with Crippen molar-refractivity contribution < 1.29 is 4.74 Å². The van der Waals surface area contributed by atoms with Crippen LogP contribution in [0, 0.1) is 0 Å². The summed E-state index contributed by atoms with van der Waals surface area (Å²) in [5, 5.41) is 5.69. The van der Waals surface area contributed by atoms with Crippen molar-refractivity contribution in [1.82, 2.24) is 5.43 Å². The second-order valence-electron chi connectivity index (χ2n) is 5.60. The molecule has 0 aliphatic carbocycles. The van der Waals surface area contributed by atoms with Gasteiger partial charge in [0, 0.05) is 21.2 Å². The van der Waals surface area contributed by atoms with Crippen molar-refractivity contribution in [2.24, 2.45) is 5.10 Å². The van der Waals surface area contributed by atoms with Crippen LogP contribution in [0.25, 0.3) is 0 Å². The number of nitrogens with zero attached hydrogens (tertiary/aromatic N) is 1. The summed E-state index contributed by atoms with van der Waals surface area (Å²) in [6.07, 6.45) is 1.73. The van der Waals surface area contributed by atoms with Crippen molar-refractivity contribution in [3.63, 3.8) is 0 Å². The first kappa shape index (κ1) is 18.3. The highest BCUT2D eigenvalue weighted by molar-refractivity contribution is 6.31. The van der Waals surface area contributed by atoms with E-state index in [0.717, 1.165) is 27.5 Å². The van der Waals surface area contributed by atoms with Gasteiger partial charge in [-0.25, -0.2) is 0 Å². The third-order valence-electron chi connectivity index (χ3n) is 3.78. The molecule has 5 heteroatoms. The Morgan fingerprint density at radius 1 is 0.808 bits per heavy atom. The lowest BCUT2D eigenvalue weighted by Crippen LogP contribution is -2.06. The zero-order valence-electron chi connectivity index (χ0n) is 14.0. The summed E-state index contributed by atoms with van der Waals surface area (Å²) in [5.74, 6) is 0.746. The lowest BCUT2D eigenvalue weighted by Gasteiger charge is -2.10. The summed E-state index contributed by atoms with van der Waals surface area (Å²) < 4.78 is 5.91. The Labute approximate surface area is 163 Å². The number of para-hydroxylation sites is 1. The molecule has 26 heavy (non-hydrogen) atoms. The minimum atomic E-state index is 0.400. The predicted molar refractivity (Wildman–Crippen MR) is 108 cm³/mol. The first-order chi connectivity index (χ1) is 12.7. The van der Waals surface area contributed by atoms with Crippen molar-refractivity contribution in [2.75, 3.05) is 0 Å². The minimum absolute atomic E-state index is 0.400. The van der Waals surface area contributed by atoms with Crippen molar-refractivity contribution >= 4 is 29.4 Å². The molecule has 0 spiro atoms. The van der Waals surface area contributed by atoms with Crippen LogP contribution in [0.5, 0.6) is 5.75 Å². The summed E-state index contributed by atoms with van der Waals surface area (Å²) in [6.45, 7) is 0.955. The SMILES string of the molecule is Clc1ccccc1CN/N=C\c1ccccc1OCc1ccccc1Cl. The van der Waals surface area contributed by atoms with E-state index >= 15 is 0 Å². The van der Waals surface area contributed by atoms with E-state index in [9.17, 15) is 0 Å². The van der Waals surface area contributed by atoms with E-state index in [1.165, 1.54) is 0 Å². The number of nitrogens with one attached hydrogen (secondary N) is 1. The molecule has 3 aromatic carbocycles. The number of hydrogen-bond donors (Lipinski definition) is 1. The van der Waals surface area contributed by atoms with Gasteiger partial charge in [-0.15, -0.1) is 0 Å². The predicted octanol–water partition coefficient (Wildman–Crippen LogP) is 5.70. The smallest absolute Gasteiger partial charge is 0.128 e. The number of hydrogen-bond acceptors (Lipinski definition) is 3. The van der Waals surface area contributed by atoms with Gasteiger partial charge in [0.1, 0.15) is 12.4 Å². The molecular formula is C21H18Cl2N2O. The summed E-state index contributed by atoms with van der Waals surface area (Å²) in [6, 6.07) is 23.0. The van der Waals surface area contributed by atoms with Crippen LogP contribution in [-0.2, 0) is 13.2 Å². The molecule has 132 valence electrons. The standard InChI is InChI=1S/C21H18Cl2N2O/c22-19-10-4-1-7-16(19)13-24-25-14-17-8-3-6-12-21(17)26-15-18-9-2-5-11-20(18)23/h1-12,14,24H,13,15H2/b25-14-. The van der Waals surface area contributed by atoms with Gasteiger partial charge in [-0.05, 0) is 29.8 Å². The van der Waals surface area contributed by atoms with E-state index in [-0.39, 0.29) is 0 Å². The Morgan fingerprint density at radius 2 is 1.42 bits per heavy atom. The van der Waals surface area contributed by atoms with Gasteiger partial charge in [0.15, 0.2) is 0 Å². The molecule has 0 aromatic heterocycles. The Kier molecular flexibility index (Phi) is 6.53. The maximum atomic E-state index is 6.18. The van der Waals surface area contributed by atoms with Crippen LogP contribution in [0.1, 0.15) is 16.7 Å². The van der Waals surface area contributed by atoms with Crippen molar-refractivity contribution in [1.29, 1.82) is 0 Å². The second kappa shape index (κ2) is 9.27. The summed E-state index contributed by atoms with van der Waals surface area (Å²) in [7, 11) is 0. The van der Waals surface area contributed by atoms with Crippen LogP contribution in [0.15, 0.2) is 77.9 Å². The minimum Gasteiger partial charge on any atom is -0.488 e. The zero-order chi connectivity index (χ0) is 18.2. The largest absolute Gasteiger partial charge is 0.488 e. The van der Waals surface area contributed by atoms with Crippen LogP contribution in [0.4, 0.5) is 0 Å². The van der Waals surface area contributed by atoms with Gasteiger partial charge < -0.3 is 10.2 Å². The second-order valence-corrected chi connectivity index (χ2v) is 6.42. The molecule has 0 atom stereocenters. The third-order valence-corrected chi connectivity index (χ3v) is 4.52. The van der Waals surface area contributed by atoms with Crippen LogP contribution in [-0.4, -0.2) is 6.21 Å². The average Bonchev–Trinajstić information content (AvgIpc) is 2.67. The highest BCUT2D eigenvalue weighted by Crippen LogP contribution is 2.21. The van der Waals surface area contributed by atoms with Gasteiger partial charge in [0.05, 0.1) is 12.8 Å². The van der Waals surface area contributed by atoms with Gasteiger partial charge in [-0.3, -0.25) is 0 Å². The highest BCUT2D eigenvalue weighted by atomic mass is 35.5. The van der Waals surface area contributed by atoms with E-state index < -0.39 is 0 Å². The fraction of sp³-hybridized carbons (Fsp3) is 0.0952. The van der Waals surface area contributed by atoms with Crippen molar-refractivity contribution in [2.45, 2.75) is 13.2 Å². The Bertz CT molecular complexity index is 896. The van der Waals surface area contributed by atoms with E-state index in [0.29, 0.717) is 18.2 Å². The fourth-order valence-electron chi connectivity index (χ4n) is 2.38. The van der Waals surface area contributed by atoms with Crippen LogP contribution < -0.4 is 10.2 Å². The van der Waals surface area contributed by atoms with Gasteiger partial charge in [0.25, 0.3) is 0 Å². The van der Waals surface area contributed by atoms with Crippen LogP contribution >= 0.6 is 23.2 Å². The van der Waals surface area contributed by atoms with Gasteiger partial charge >= 0.3 is 0 Å². The number of benzene rings is 3. The molecule has 0 saturated carbocycles. The molecular weight excluding hydrogens is 367 g/mol. The van der Waals surface area contributed by atoms with Gasteiger partial charge in [0.2, 0.25) is 0 Å². The van der Waals surface area contributed by atoms with Gasteiger partial charge in [-0.1, -0.05) is 71.7 Å². The Morgan fingerprint density at radius 3 is 2.15 bits per heavy atom. The lowest BCUT2D eigenvalue weighted by atomic mass is 10.2. The number of halogens is 2. The maximum absolute atomic E-state index is 6.18. The van der Waals surface area contributed by atoms with Crippen molar-refractivity contribution in [3.8, 4) is 5.75 Å². The summed E-state index contributed by atoms with van der Waals surface area (Å²) in [4.78, 5) is 0. The maximum Gasteiger partial charge on any atom is 0.128 e. The third kappa shape index (κ3) is 5.01. The summed E-state index contributed by atoms with van der Waals surface area (Å²) in [5.41, 5.74) is 5.83. The molecule has 0 unspecified atom stereocenters. The molecule has 0 amide bonds. The zero-order valence-corrected chi connectivity index (χ0v) is 15.5. The Hall–Kier alpha value is -2.49. The monoisotopic (exact) mass is 384 g/mol. The number of ether oxygens (including phenoxy) is 1. The molecule has 0 bridgehead atoms. The summed E-state index contributed by atoms with van der Waals surface area (Å²) >= 11 is 12.3. The van der Waals surface area contributed by atoms with E-state index in [4.69, 9.17) is 27.9 Å². The molecule has 0 aliphatic heterocycles. The molecule has 3 aromatic rings. The van der Waals surface area contributed by atoms with Crippen LogP contribution in [0.2, 0.25) is 10.0 Å². The molecule has 0 fully saturated rings. The van der Waals surface area contributed by atoms with E-state index in [1.807, 2.05) is 72.8 Å². The molecule has 0 aliphatic rings. The number of hydrazone groups is 1. The molecule has 0 radical (unpaired) electrons. The average molecular weight is 385 g/mol. The first-order valence-electron chi connectivity index (χ1n) is 8.18. The molecule has 0 saturated heterocycles. The normalized spacial score (nSPS) is 10.8. The lowest BCUT2D eigenvalue weighted by molar-refractivity contribution is 0.306. The van der Waals surface area contributed by atoms with E-state index in [1.54, 1.807) is 6.21 Å². The molecule has 1 N–H and O–H groups in total. The van der Waals surface area contributed by atoms with Crippen LogP contribution in [0.3, 0.4) is 0 Å². The first-order valence-corrected chi connectivity index (χ1v) is 8.94. The molecule has 3 nitrogen and oxygen atoms in total. The number of rotatable bonds is 7. The van der Waals surface area contributed by atoms with Crippen molar-refractivity contribution in [3.05, 3.63) is 99.5 Å². The molecule has 0 heterocycles. The van der Waals surface area contributed by atoms with E-state index in [2.05, 4.69) is 10.5 Å². The topological polar surface area (TPSA) is 33.6 Å². The Balaban J connectivity index is 1.62. The molecule has 3 rings (SSSR count). The van der Waals surface area contributed by atoms with Gasteiger partial charge in [-0.2, -0.15) is 5.10 Å². The fourth-order valence-corrected chi connectivity index (χ4v) is 2.77.